The fourth-order valence-electron chi connectivity index (χ4n) is 2.54. The third-order valence-corrected chi connectivity index (χ3v) is 4.60. The average Bonchev–Trinajstić information content (AvgIpc) is 2.67. The lowest BCUT2D eigenvalue weighted by Crippen LogP contribution is -2.38. The first-order valence-corrected chi connectivity index (χ1v) is 9.18. The summed E-state index contributed by atoms with van der Waals surface area (Å²) in [7, 11) is 0. The van der Waals surface area contributed by atoms with Gasteiger partial charge in [0.05, 0.1) is 0 Å². The lowest BCUT2D eigenvalue weighted by molar-refractivity contribution is -0.152. The average molecular weight is 385 g/mol. The molecule has 2 aromatic rings. The first-order valence-electron chi connectivity index (χ1n) is 9.18. The minimum atomic E-state index is -1.30. The van der Waals surface area contributed by atoms with Crippen LogP contribution in [0.2, 0.25) is 0 Å². The highest BCUT2D eigenvalue weighted by Crippen LogP contribution is 2.24. The van der Waals surface area contributed by atoms with Gasteiger partial charge in [-0.1, -0.05) is 49.4 Å². The van der Waals surface area contributed by atoms with Gasteiger partial charge in [0, 0.05) is 12.0 Å². The predicted molar refractivity (Wildman–Crippen MR) is 106 cm³/mol. The van der Waals surface area contributed by atoms with E-state index in [1.807, 2.05) is 56.3 Å². The molecule has 0 aliphatic rings. The van der Waals surface area contributed by atoms with Crippen LogP contribution in [0.4, 0.5) is 4.79 Å². The molecule has 0 radical (unpaired) electrons. The van der Waals surface area contributed by atoms with Gasteiger partial charge < -0.3 is 19.9 Å². The Balaban J connectivity index is 1.89. The topological polar surface area (TPSA) is 84.9 Å². The van der Waals surface area contributed by atoms with Crippen LogP contribution in [-0.2, 0) is 16.1 Å². The number of rotatable bonds is 8. The van der Waals surface area contributed by atoms with E-state index >= 15 is 0 Å². The maximum absolute atomic E-state index is 12.0. The lowest BCUT2D eigenvalue weighted by atomic mass is 9.94. The van der Waals surface area contributed by atoms with Gasteiger partial charge in [0.25, 0.3) is 0 Å². The number of ether oxygens (including phenoxy) is 2. The number of alkyl carbamates (subject to hydrolysis) is 1. The molecule has 0 bridgehead atoms. The molecule has 2 aromatic carbocycles. The van der Waals surface area contributed by atoms with Gasteiger partial charge in [0.15, 0.2) is 5.60 Å². The minimum absolute atomic E-state index is 0.0332. The summed E-state index contributed by atoms with van der Waals surface area (Å²) in [4.78, 5) is 23.2. The molecule has 0 aliphatic carbocycles. The summed E-state index contributed by atoms with van der Waals surface area (Å²) in [6.45, 7) is 7.13. The zero-order valence-corrected chi connectivity index (χ0v) is 16.6. The molecule has 6 nitrogen and oxygen atoms in total. The van der Waals surface area contributed by atoms with Gasteiger partial charge in [-0.2, -0.15) is 0 Å². The van der Waals surface area contributed by atoms with E-state index in [4.69, 9.17) is 14.6 Å². The second-order valence-electron chi connectivity index (χ2n) is 7.27. The maximum Gasteiger partial charge on any atom is 0.407 e. The molecule has 2 N–H and O–H groups in total. The monoisotopic (exact) mass is 385 g/mol. The van der Waals surface area contributed by atoms with Crippen LogP contribution < -0.4 is 10.1 Å². The van der Waals surface area contributed by atoms with Gasteiger partial charge in [0.2, 0.25) is 0 Å². The Kier molecular flexibility index (Phi) is 7.04. The van der Waals surface area contributed by atoms with Crippen LogP contribution in [0.3, 0.4) is 0 Å². The van der Waals surface area contributed by atoms with Crippen molar-refractivity contribution in [3.63, 3.8) is 0 Å². The molecule has 6 heteroatoms. The van der Waals surface area contributed by atoms with Gasteiger partial charge >= 0.3 is 12.1 Å². The quantitative estimate of drug-likeness (QED) is 0.706. The highest BCUT2D eigenvalue weighted by Gasteiger charge is 2.29. The molecule has 0 fully saturated rings. The summed E-state index contributed by atoms with van der Waals surface area (Å²) in [5, 5.41) is 12.0. The van der Waals surface area contributed by atoms with Crippen molar-refractivity contribution in [3.8, 4) is 5.75 Å². The number of carbonyl (C=O) groups is 2. The van der Waals surface area contributed by atoms with Gasteiger partial charge in [-0.05, 0) is 44.0 Å². The SMILES string of the molecule is CC(NC(=O)OCc1ccccc1)C(C)c1ccc(OC(C)(C)C(=O)O)cc1. The zero-order valence-electron chi connectivity index (χ0n) is 16.6. The van der Waals surface area contributed by atoms with Crippen LogP contribution in [0.15, 0.2) is 54.6 Å². The Hall–Kier alpha value is -3.02. The Morgan fingerprint density at radius 1 is 1.04 bits per heavy atom. The number of carbonyl (C=O) groups excluding carboxylic acids is 1. The lowest BCUT2D eigenvalue weighted by Gasteiger charge is -2.23. The molecule has 150 valence electrons. The number of carboxylic acids is 1. The predicted octanol–water partition coefficient (Wildman–Crippen LogP) is 4.35. The molecule has 1 amide bonds. The maximum atomic E-state index is 12.0. The van der Waals surface area contributed by atoms with E-state index in [1.54, 1.807) is 12.1 Å². The van der Waals surface area contributed by atoms with E-state index in [9.17, 15) is 9.59 Å². The summed E-state index contributed by atoms with van der Waals surface area (Å²) < 4.78 is 10.8. The van der Waals surface area contributed by atoms with E-state index in [-0.39, 0.29) is 18.6 Å². The molecular weight excluding hydrogens is 358 g/mol. The van der Waals surface area contributed by atoms with Gasteiger partial charge in [0.1, 0.15) is 12.4 Å². The number of aliphatic carboxylic acids is 1. The van der Waals surface area contributed by atoms with E-state index in [0.717, 1.165) is 11.1 Å². The Morgan fingerprint density at radius 2 is 1.64 bits per heavy atom. The largest absolute Gasteiger partial charge is 0.478 e. The number of hydrogen-bond donors (Lipinski definition) is 2. The van der Waals surface area contributed by atoms with Crippen molar-refractivity contribution in [2.75, 3.05) is 0 Å². The second-order valence-corrected chi connectivity index (χ2v) is 7.27. The Morgan fingerprint density at radius 3 is 2.21 bits per heavy atom. The van der Waals surface area contributed by atoms with E-state index in [2.05, 4.69) is 5.32 Å². The molecule has 0 heterocycles. The molecule has 28 heavy (non-hydrogen) atoms. The van der Waals surface area contributed by atoms with Crippen LogP contribution in [0, 0.1) is 0 Å². The van der Waals surface area contributed by atoms with Crippen molar-refractivity contribution in [2.24, 2.45) is 0 Å². The number of benzene rings is 2. The first kappa shape index (κ1) is 21.3. The van der Waals surface area contributed by atoms with Crippen molar-refractivity contribution < 1.29 is 24.2 Å². The minimum Gasteiger partial charge on any atom is -0.478 e. The highest BCUT2D eigenvalue weighted by atomic mass is 16.5. The summed E-state index contributed by atoms with van der Waals surface area (Å²) in [5.74, 6) is -0.520. The smallest absolute Gasteiger partial charge is 0.407 e. The van der Waals surface area contributed by atoms with Crippen LogP contribution in [0.1, 0.15) is 44.7 Å². The van der Waals surface area contributed by atoms with Crippen molar-refractivity contribution in [2.45, 2.75) is 51.9 Å². The van der Waals surface area contributed by atoms with Gasteiger partial charge in [-0.25, -0.2) is 9.59 Å². The summed E-state index contributed by atoms with van der Waals surface area (Å²) in [5.41, 5.74) is 0.624. The summed E-state index contributed by atoms with van der Waals surface area (Å²) >= 11 is 0. The molecule has 2 unspecified atom stereocenters. The van der Waals surface area contributed by atoms with E-state index < -0.39 is 17.7 Å². The van der Waals surface area contributed by atoms with E-state index in [1.165, 1.54) is 13.8 Å². The molecule has 2 atom stereocenters. The molecule has 2 rings (SSSR count). The third-order valence-electron chi connectivity index (χ3n) is 4.60. The molecule has 0 aromatic heterocycles. The van der Waals surface area contributed by atoms with Crippen LogP contribution >= 0.6 is 0 Å². The molecule has 0 saturated carbocycles. The standard InChI is InChI=1S/C22H27NO5/c1-15(16(2)23-21(26)27-14-17-8-6-5-7-9-17)18-10-12-19(13-11-18)28-22(3,4)20(24)25/h5-13,15-16H,14H2,1-4H3,(H,23,26)(H,24,25). The number of carboxylic acid groups (broad SMARTS) is 1. The number of hydrogen-bond acceptors (Lipinski definition) is 4. The highest BCUT2D eigenvalue weighted by molar-refractivity contribution is 5.76. The molecule has 0 spiro atoms. The number of amides is 1. The van der Waals surface area contributed by atoms with Crippen molar-refractivity contribution in [1.29, 1.82) is 0 Å². The summed E-state index contributed by atoms with van der Waals surface area (Å²) in [6.07, 6.45) is -0.466. The molecular formula is C22H27NO5. The van der Waals surface area contributed by atoms with Gasteiger partial charge in [-0.15, -0.1) is 0 Å². The summed E-state index contributed by atoms with van der Waals surface area (Å²) in [6, 6.07) is 16.5. The third kappa shape index (κ3) is 6.01. The number of nitrogens with one attached hydrogen (secondary N) is 1. The van der Waals surface area contributed by atoms with Crippen molar-refractivity contribution in [1.82, 2.24) is 5.32 Å². The van der Waals surface area contributed by atoms with Crippen LogP contribution in [0.5, 0.6) is 5.75 Å². The molecule has 0 saturated heterocycles. The van der Waals surface area contributed by atoms with Crippen molar-refractivity contribution >= 4 is 12.1 Å². The zero-order chi connectivity index (χ0) is 20.7. The van der Waals surface area contributed by atoms with Gasteiger partial charge in [-0.3, -0.25) is 0 Å². The fourth-order valence-corrected chi connectivity index (χ4v) is 2.54. The van der Waals surface area contributed by atoms with E-state index in [0.29, 0.717) is 5.75 Å². The molecule has 0 aliphatic heterocycles. The second kappa shape index (κ2) is 9.26. The normalized spacial score (nSPS) is 13.3. The van der Waals surface area contributed by atoms with Crippen molar-refractivity contribution in [3.05, 3.63) is 65.7 Å². The van der Waals surface area contributed by atoms with Crippen LogP contribution in [-0.4, -0.2) is 28.8 Å². The Bertz CT molecular complexity index is 786. The fraction of sp³-hybridized carbons (Fsp3) is 0.364. The first-order chi connectivity index (χ1) is 13.2. The van der Waals surface area contributed by atoms with Crippen LogP contribution in [0.25, 0.3) is 0 Å². The Labute approximate surface area is 165 Å².